The third-order valence-corrected chi connectivity index (χ3v) is 2.17. The van der Waals surface area contributed by atoms with Crippen molar-refractivity contribution in [2.24, 2.45) is 27.2 Å². The molecule has 0 aliphatic heterocycles. The van der Waals surface area contributed by atoms with Gasteiger partial charge in [-0.05, 0) is 24.6 Å². The van der Waals surface area contributed by atoms with E-state index in [2.05, 4.69) is 9.98 Å². The second-order valence-corrected chi connectivity index (χ2v) is 3.81. The summed E-state index contributed by atoms with van der Waals surface area (Å²) < 4.78 is 4.83. The molecule has 1 rings (SSSR count). The molecule has 20 heavy (non-hydrogen) atoms. The number of carbonyl (C=O) groups is 1. The fourth-order valence-corrected chi connectivity index (χ4v) is 1.43. The predicted molar refractivity (Wildman–Crippen MR) is 75.5 cm³/mol. The third kappa shape index (κ3) is 4.84. The number of nitrogens with two attached hydrogens (primary N) is 3. The van der Waals surface area contributed by atoms with Crippen LogP contribution in [-0.4, -0.2) is 29.6 Å². The van der Waals surface area contributed by atoms with Crippen LogP contribution in [0.1, 0.15) is 12.5 Å². The van der Waals surface area contributed by atoms with Gasteiger partial charge in [0.25, 0.3) is 0 Å². The molecule has 0 unspecified atom stereocenters. The van der Waals surface area contributed by atoms with Crippen molar-refractivity contribution in [1.82, 2.24) is 0 Å². The van der Waals surface area contributed by atoms with Gasteiger partial charge in [-0.15, -0.1) is 0 Å². The lowest BCUT2D eigenvalue weighted by Gasteiger charge is -2.05. The zero-order valence-electron chi connectivity index (χ0n) is 11.0. The van der Waals surface area contributed by atoms with Crippen LogP contribution in [0.2, 0.25) is 0 Å². The Morgan fingerprint density at radius 2 is 2.05 bits per heavy atom. The number of rotatable bonds is 4. The van der Waals surface area contributed by atoms with Crippen LogP contribution >= 0.6 is 0 Å². The van der Waals surface area contributed by atoms with Crippen LogP contribution in [0.5, 0.6) is 5.75 Å². The number of aromatic hydroxyl groups is 1. The van der Waals surface area contributed by atoms with Gasteiger partial charge in [0.1, 0.15) is 11.4 Å². The molecule has 8 nitrogen and oxygen atoms in total. The number of phenols is 1. The summed E-state index contributed by atoms with van der Waals surface area (Å²) in [6.45, 7) is 2.03. The van der Waals surface area contributed by atoms with E-state index >= 15 is 0 Å². The molecule has 0 spiro atoms. The van der Waals surface area contributed by atoms with E-state index in [4.69, 9.17) is 21.9 Å². The van der Waals surface area contributed by atoms with Crippen LogP contribution in [-0.2, 0) is 16.0 Å². The summed E-state index contributed by atoms with van der Waals surface area (Å²) in [5.41, 5.74) is 16.6. The minimum atomic E-state index is -0.370. The molecule has 0 saturated heterocycles. The molecule has 7 N–H and O–H groups in total. The maximum absolute atomic E-state index is 11.4. The van der Waals surface area contributed by atoms with Crippen LogP contribution in [0.15, 0.2) is 28.2 Å². The Balaban J connectivity index is 2.97. The molecule has 1 aromatic carbocycles. The van der Waals surface area contributed by atoms with E-state index in [1.165, 1.54) is 12.1 Å². The van der Waals surface area contributed by atoms with Gasteiger partial charge in [0, 0.05) is 0 Å². The van der Waals surface area contributed by atoms with Gasteiger partial charge in [-0.3, -0.25) is 4.79 Å². The molecule has 0 fully saturated rings. The predicted octanol–water partition coefficient (Wildman–Crippen LogP) is -0.283. The molecular formula is C12H17N5O3. The standard InChI is InChI=1S/C12H17N5O3/c1-2-20-10(19)6-7-3-4-9(18)8(5-7)16-12(15)17-11(13)14/h3-5,18H,2,6H2,1H3,(H6,13,14,15,16,17). The summed E-state index contributed by atoms with van der Waals surface area (Å²) in [6, 6.07) is 4.49. The van der Waals surface area contributed by atoms with E-state index in [0.29, 0.717) is 12.2 Å². The van der Waals surface area contributed by atoms with Crippen LogP contribution in [0.25, 0.3) is 0 Å². The average Bonchev–Trinajstić information content (AvgIpc) is 2.32. The number of hydrogen-bond donors (Lipinski definition) is 4. The Labute approximate surface area is 116 Å². The first-order valence-electron chi connectivity index (χ1n) is 5.83. The van der Waals surface area contributed by atoms with Crippen LogP contribution in [0.3, 0.4) is 0 Å². The van der Waals surface area contributed by atoms with Crippen LogP contribution in [0, 0.1) is 0 Å². The van der Waals surface area contributed by atoms with Gasteiger partial charge in [0.2, 0.25) is 5.96 Å². The highest BCUT2D eigenvalue weighted by Crippen LogP contribution is 2.27. The first kappa shape index (κ1) is 15.3. The van der Waals surface area contributed by atoms with Crippen molar-refractivity contribution < 1.29 is 14.6 Å². The van der Waals surface area contributed by atoms with E-state index in [-0.39, 0.29) is 35.7 Å². The molecule has 0 aromatic heterocycles. The Bertz CT molecular complexity index is 550. The lowest BCUT2D eigenvalue weighted by molar-refractivity contribution is -0.142. The largest absolute Gasteiger partial charge is 0.506 e. The molecule has 0 heterocycles. The smallest absolute Gasteiger partial charge is 0.310 e. The number of ether oxygens (including phenoxy) is 1. The number of nitrogens with zero attached hydrogens (tertiary/aromatic N) is 2. The van der Waals surface area contributed by atoms with Crippen molar-refractivity contribution in [3.8, 4) is 5.75 Å². The number of esters is 1. The van der Waals surface area contributed by atoms with E-state index in [1.54, 1.807) is 13.0 Å². The summed E-state index contributed by atoms with van der Waals surface area (Å²) in [7, 11) is 0. The molecular weight excluding hydrogens is 262 g/mol. The zero-order chi connectivity index (χ0) is 15.1. The number of hydrogen-bond acceptors (Lipinski definition) is 4. The molecule has 0 aliphatic carbocycles. The van der Waals surface area contributed by atoms with E-state index in [9.17, 15) is 9.90 Å². The van der Waals surface area contributed by atoms with E-state index in [1.807, 2.05) is 0 Å². The molecule has 0 saturated carbocycles. The first-order valence-corrected chi connectivity index (χ1v) is 5.83. The number of guanidine groups is 2. The molecule has 0 bridgehead atoms. The normalized spacial score (nSPS) is 10.9. The van der Waals surface area contributed by atoms with Gasteiger partial charge >= 0.3 is 5.97 Å². The van der Waals surface area contributed by atoms with Crippen molar-refractivity contribution in [3.05, 3.63) is 23.8 Å². The number of benzene rings is 1. The maximum Gasteiger partial charge on any atom is 0.310 e. The highest BCUT2D eigenvalue weighted by atomic mass is 16.5. The topological polar surface area (TPSA) is 149 Å². The monoisotopic (exact) mass is 279 g/mol. The summed E-state index contributed by atoms with van der Waals surface area (Å²) in [6.07, 6.45) is 0.0683. The van der Waals surface area contributed by atoms with E-state index < -0.39 is 0 Å². The van der Waals surface area contributed by atoms with Crippen molar-refractivity contribution in [1.29, 1.82) is 0 Å². The Hall–Kier alpha value is -2.77. The van der Waals surface area contributed by atoms with Gasteiger partial charge in [-0.1, -0.05) is 6.07 Å². The van der Waals surface area contributed by atoms with Gasteiger partial charge in [-0.2, -0.15) is 4.99 Å². The van der Waals surface area contributed by atoms with E-state index in [0.717, 1.165) is 0 Å². The zero-order valence-corrected chi connectivity index (χ0v) is 11.0. The Morgan fingerprint density at radius 1 is 1.35 bits per heavy atom. The van der Waals surface area contributed by atoms with Crippen molar-refractivity contribution in [2.45, 2.75) is 13.3 Å². The quantitative estimate of drug-likeness (QED) is 0.338. The molecule has 108 valence electrons. The number of phenolic OH excluding ortho intramolecular Hbond substituents is 1. The third-order valence-electron chi connectivity index (χ3n) is 2.17. The highest BCUT2D eigenvalue weighted by molar-refractivity contribution is 5.93. The molecule has 0 amide bonds. The number of carbonyl (C=O) groups excluding carboxylic acids is 1. The molecule has 0 aliphatic rings. The number of aliphatic imine (C=N–C) groups is 2. The summed E-state index contributed by atoms with van der Waals surface area (Å²) >= 11 is 0. The molecule has 1 aromatic rings. The van der Waals surface area contributed by atoms with Gasteiger partial charge in [-0.25, -0.2) is 4.99 Å². The van der Waals surface area contributed by atoms with Crippen molar-refractivity contribution >= 4 is 23.6 Å². The first-order chi connectivity index (χ1) is 9.42. The fraction of sp³-hybridized carbons (Fsp3) is 0.250. The molecule has 0 atom stereocenters. The molecule has 8 heteroatoms. The summed E-state index contributed by atoms with van der Waals surface area (Å²) in [5.74, 6) is -0.918. The minimum absolute atomic E-state index is 0.0683. The van der Waals surface area contributed by atoms with Gasteiger partial charge < -0.3 is 27.0 Å². The SMILES string of the molecule is CCOC(=O)Cc1ccc(O)c(N=C(N)N=C(N)N)c1. The molecule has 0 radical (unpaired) electrons. The summed E-state index contributed by atoms with van der Waals surface area (Å²) in [5, 5.41) is 9.67. The Morgan fingerprint density at radius 3 is 2.65 bits per heavy atom. The van der Waals surface area contributed by atoms with Crippen LogP contribution in [0.4, 0.5) is 5.69 Å². The van der Waals surface area contributed by atoms with Gasteiger partial charge in [0.05, 0.1) is 13.0 Å². The van der Waals surface area contributed by atoms with Crippen molar-refractivity contribution in [3.63, 3.8) is 0 Å². The lowest BCUT2D eigenvalue weighted by Crippen LogP contribution is -2.26. The Kier molecular flexibility index (Phi) is 5.33. The van der Waals surface area contributed by atoms with Crippen LogP contribution < -0.4 is 17.2 Å². The lowest BCUT2D eigenvalue weighted by atomic mass is 10.1. The van der Waals surface area contributed by atoms with Crippen molar-refractivity contribution in [2.75, 3.05) is 6.61 Å². The second kappa shape index (κ2) is 6.98. The second-order valence-electron chi connectivity index (χ2n) is 3.81. The summed E-state index contributed by atoms with van der Waals surface area (Å²) in [4.78, 5) is 18.8. The highest BCUT2D eigenvalue weighted by Gasteiger charge is 2.07. The minimum Gasteiger partial charge on any atom is -0.506 e. The fourth-order valence-electron chi connectivity index (χ4n) is 1.43. The maximum atomic E-state index is 11.4. The van der Waals surface area contributed by atoms with Gasteiger partial charge in [0.15, 0.2) is 5.96 Å². The average molecular weight is 279 g/mol.